The second-order valence-corrected chi connectivity index (χ2v) is 9.16. The molecule has 0 aliphatic carbocycles. The van der Waals surface area contributed by atoms with E-state index in [1.807, 2.05) is 42.5 Å². The molecule has 3 nitrogen and oxygen atoms in total. The van der Waals surface area contributed by atoms with Crippen molar-refractivity contribution in [2.24, 2.45) is 4.99 Å². The first-order chi connectivity index (χ1) is 16.9. The minimum atomic E-state index is 0.216. The number of aryl methyl sites for hydroxylation is 4. The molecule has 5 rings (SSSR count). The number of benzene rings is 4. The van der Waals surface area contributed by atoms with Gasteiger partial charge in [-0.1, -0.05) is 60.2 Å². The van der Waals surface area contributed by atoms with Gasteiger partial charge in [-0.3, -0.25) is 4.99 Å². The standard InChI is InChI=1S/C32H28N2O/c1-20-16-22(3)31(23(4)17-20)25-14-15-27(30(35)18-25)28-12-7-11-26(34-28)19-33-29-13-6-10-24-9-5-8-21(2)32(24)29/h5-19,35H,1-4H3/b33-19+. The molecule has 0 bridgehead atoms. The van der Waals surface area contributed by atoms with Crippen molar-refractivity contribution in [1.82, 2.24) is 4.98 Å². The van der Waals surface area contributed by atoms with Crippen molar-refractivity contribution >= 4 is 22.7 Å². The van der Waals surface area contributed by atoms with Crippen LogP contribution in [0.4, 0.5) is 5.69 Å². The molecule has 4 aromatic carbocycles. The molecule has 0 saturated carbocycles. The summed E-state index contributed by atoms with van der Waals surface area (Å²) in [4.78, 5) is 9.51. The van der Waals surface area contributed by atoms with E-state index in [0.717, 1.165) is 27.9 Å². The van der Waals surface area contributed by atoms with Crippen LogP contribution in [0.25, 0.3) is 33.2 Å². The minimum Gasteiger partial charge on any atom is -0.507 e. The Kier molecular flexibility index (Phi) is 5.92. The van der Waals surface area contributed by atoms with Crippen LogP contribution < -0.4 is 0 Å². The topological polar surface area (TPSA) is 45.5 Å². The summed E-state index contributed by atoms with van der Waals surface area (Å²) in [5.74, 6) is 0.216. The van der Waals surface area contributed by atoms with Crippen LogP contribution in [0.2, 0.25) is 0 Å². The molecular formula is C32H28N2O. The number of nitrogens with zero attached hydrogens (tertiary/aromatic N) is 2. The van der Waals surface area contributed by atoms with Crippen molar-refractivity contribution in [2.45, 2.75) is 27.7 Å². The van der Waals surface area contributed by atoms with E-state index in [0.29, 0.717) is 11.3 Å². The van der Waals surface area contributed by atoms with Gasteiger partial charge in [-0.2, -0.15) is 0 Å². The van der Waals surface area contributed by atoms with Crippen LogP contribution in [0.1, 0.15) is 27.9 Å². The second kappa shape index (κ2) is 9.19. The number of pyridine rings is 1. The highest BCUT2D eigenvalue weighted by molar-refractivity contribution is 5.97. The highest BCUT2D eigenvalue weighted by Crippen LogP contribution is 2.35. The van der Waals surface area contributed by atoms with Crippen molar-refractivity contribution in [2.75, 3.05) is 0 Å². The average Bonchev–Trinajstić information content (AvgIpc) is 2.82. The van der Waals surface area contributed by atoms with Crippen molar-refractivity contribution in [3.63, 3.8) is 0 Å². The van der Waals surface area contributed by atoms with E-state index in [1.54, 1.807) is 6.21 Å². The summed E-state index contributed by atoms with van der Waals surface area (Å²) in [7, 11) is 0. The zero-order chi connectivity index (χ0) is 24.5. The molecule has 1 aromatic heterocycles. The summed E-state index contributed by atoms with van der Waals surface area (Å²) < 4.78 is 0. The zero-order valence-corrected chi connectivity index (χ0v) is 20.5. The van der Waals surface area contributed by atoms with E-state index >= 15 is 0 Å². The lowest BCUT2D eigenvalue weighted by atomic mass is 9.92. The maximum absolute atomic E-state index is 10.9. The number of phenols is 1. The molecule has 0 amide bonds. The Morgan fingerprint density at radius 3 is 2.20 bits per heavy atom. The van der Waals surface area contributed by atoms with Gasteiger partial charge in [0, 0.05) is 10.9 Å². The molecule has 172 valence electrons. The van der Waals surface area contributed by atoms with Crippen LogP contribution in [0, 0.1) is 27.7 Å². The highest BCUT2D eigenvalue weighted by atomic mass is 16.3. The largest absolute Gasteiger partial charge is 0.507 e. The summed E-state index contributed by atoms with van der Waals surface area (Å²) in [5.41, 5.74) is 10.1. The molecular weight excluding hydrogens is 428 g/mol. The number of hydrogen-bond donors (Lipinski definition) is 1. The molecule has 0 radical (unpaired) electrons. The number of rotatable bonds is 4. The Bertz CT molecular complexity index is 1570. The van der Waals surface area contributed by atoms with Crippen molar-refractivity contribution in [1.29, 1.82) is 0 Å². The maximum Gasteiger partial charge on any atom is 0.125 e. The zero-order valence-electron chi connectivity index (χ0n) is 20.5. The van der Waals surface area contributed by atoms with Crippen molar-refractivity contribution < 1.29 is 5.11 Å². The molecule has 0 spiro atoms. The van der Waals surface area contributed by atoms with Crippen LogP contribution >= 0.6 is 0 Å². The monoisotopic (exact) mass is 456 g/mol. The third-order valence-electron chi connectivity index (χ3n) is 6.44. The fourth-order valence-electron chi connectivity index (χ4n) is 4.96. The Morgan fingerprint density at radius 1 is 0.743 bits per heavy atom. The van der Waals surface area contributed by atoms with E-state index in [-0.39, 0.29) is 5.75 Å². The summed E-state index contributed by atoms with van der Waals surface area (Å²) in [6.45, 7) is 8.43. The quantitative estimate of drug-likeness (QED) is 0.277. The van der Waals surface area contributed by atoms with Gasteiger partial charge in [0.25, 0.3) is 0 Å². The normalized spacial score (nSPS) is 11.4. The molecule has 1 N–H and O–H groups in total. The number of phenolic OH excluding ortho intramolecular Hbond substituents is 1. The van der Waals surface area contributed by atoms with Crippen LogP contribution in [0.15, 0.2) is 89.9 Å². The summed E-state index contributed by atoms with van der Waals surface area (Å²) >= 11 is 0. The van der Waals surface area contributed by atoms with Gasteiger partial charge in [-0.05, 0) is 91.2 Å². The fraction of sp³-hybridized carbons (Fsp3) is 0.125. The van der Waals surface area contributed by atoms with Gasteiger partial charge in [0.05, 0.1) is 23.3 Å². The molecule has 0 aliphatic heterocycles. The number of aromatic nitrogens is 1. The molecule has 0 unspecified atom stereocenters. The smallest absolute Gasteiger partial charge is 0.125 e. The summed E-state index contributed by atoms with van der Waals surface area (Å²) in [6, 6.07) is 28.4. The third kappa shape index (κ3) is 4.45. The molecule has 0 aliphatic rings. The van der Waals surface area contributed by atoms with Gasteiger partial charge in [0.2, 0.25) is 0 Å². The van der Waals surface area contributed by atoms with Crippen LogP contribution in [0.5, 0.6) is 5.75 Å². The Morgan fingerprint density at radius 2 is 1.46 bits per heavy atom. The van der Waals surface area contributed by atoms with Gasteiger partial charge in [0.15, 0.2) is 0 Å². The molecule has 35 heavy (non-hydrogen) atoms. The van der Waals surface area contributed by atoms with Gasteiger partial charge < -0.3 is 5.11 Å². The first-order valence-electron chi connectivity index (χ1n) is 11.8. The summed E-state index contributed by atoms with van der Waals surface area (Å²) in [6.07, 6.45) is 1.79. The number of aliphatic imine (C=N–C) groups is 1. The molecule has 0 atom stereocenters. The number of fused-ring (bicyclic) bond motifs is 1. The van der Waals surface area contributed by atoms with E-state index in [4.69, 9.17) is 9.98 Å². The third-order valence-corrected chi connectivity index (χ3v) is 6.44. The molecule has 1 heterocycles. The SMILES string of the molecule is Cc1cc(C)c(-c2ccc(-c3cccc(/C=N/c4cccc5cccc(C)c45)n3)c(O)c2)c(C)c1. The average molecular weight is 457 g/mol. The Hall–Kier alpha value is -4.24. The lowest BCUT2D eigenvalue weighted by molar-refractivity contribution is 0.477. The van der Waals surface area contributed by atoms with E-state index in [1.165, 1.54) is 27.6 Å². The fourth-order valence-corrected chi connectivity index (χ4v) is 4.96. The van der Waals surface area contributed by atoms with Gasteiger partial charge in [-0.25, -0.2) is 4.98 Å². The Balaban J connectivity index is 1.48. The first kappa shape index (κ1) is 22.5. The van der Waals surface area contributed by atoms with E-state index < -0.39 is 0 Å². The Labute approximate surface area is 206 Å². The van der Waals surface area contributed by atoms with Crippen molar-refractivity contribution in [3.05, 3.63) is 113 Å². The van der Waals surface area contributed by atoms with E-state index in [2.05, 4.69) is 70.2 Å². The number of hydrogen-bond acceptors (Lipinski definition) is 3. The molecule has 0 fully saturated rings. The van der Waals surface area contributed by atoms with Crippen LogP contribution in [0.3, 0.4) is 0 Å². The van der Waals surface area contributed by atoms with Crippen LogP contribution in [-0.4, -0.2) is 16.3 Å². The van der Waals surface area contributed by atoms with Gasteiger partial charge in [0.1, 0.15) is 5.75 Å². The highest BCUT2D eigenvalue weighted by Gasteiger charge is 2.12. The van der Waals surface area contributed by atoms with E-state index in [9.17, 15) is 5.11 Å². The lowest BCUT2D eigenvalue weighted by Gasteiger charge is -2.13. The van der Waals surface area contributed by atoms with Crippen molar-refractivity contribution in [3.8, 4) is 28.1 Å². The predicted octanol–water partition coefficient (Wildman–Crippen LogP) is 8.26. The molecule has 3 heteroatoms. The van der Waals surface area contributed by atoms with Gasteiger partial charge >= 0.3 is 0 Å². The predicted molar refractivity (Wildman–Crippen MR) is 147 cm³/mol. The minimum absolute atomic E-state index is 0.216. The number of aromatic hydroxyl groups is 1. The first-order valence-corrected chi connectivity index (χ1v) is 11.8. The maximum atomic E-state index is 10.9. The second-order valence-electron chi connectivity index (χ2n) is 9.16. The van der Waals surface area contributed by atoms with Gasteiger partial charge in [-0.15, -0.1) is 0 Å². The summed E-state index contributed by atoms with van der Waals surface area (Å²) in [5, 5.41) is 13.2. The molecule has 0 saturated heterocycles. The lowest BCUT2D eigenvalue weighted by Crippen LogP contribution is -1.93. The molecule has 5 aromatic rings. The van der Waals surface area contributed by atoms with Crippen LogP contribution in [-0.2, 0) is 0 Å².